The molecule has 0 spiro atoms. The molecular formula is C28H31N5O3. The van der Waals surface area contributed by atoms with Crippen molar-refractivity contribution in [2.45, 2.75) is 52.6 Å². The van der Waals surface area contributed by atoms with Gasteiger partial charge in [0.05, 0.1) is 11.7 Å². The molecule has 1 amide bonds. The van der Waals surface area contributed by atoms with E-state index in [0.29, 0.717) is 41.7 Å². The fourth-order valence-corrected chi connectivity index (χ4v) is 4.54. The fraction of sp³-hybridized carbons (Fsp3) is 0.393. The SMILES string of the molecule is CCN(CC)C(=O)CN=CC1CCc2c(-c3noc(-c4ccc(OC(C)C)c(C#N)c4)n3)cccc21. The lowest BCUT2D eigenvalue weighted by Gasteiger charge is -2.17. The molecular weight excluding hydrogens is 454 g/mol. The van der Waals surface area contributed by atoms with Crippen molar-refractivity contribution in [2.24, 2.45) is 4.99 Å². The summed E-state index contributed by atoms with van der Waals surface area (Å²) in [5, 5.41) is 13.8. The van der Waals surface area contributed by atoms with Gasteiger partial charge in [0.1, 0.15) is 18.4 Å². The lowest BCUT2D eigenvalue weighted by molar-refractivity contribution is -0.129. The van der Waals surface area contributed by atoms with Crippen LogP contribution in [0.1, 0.15) is 56.7 Å². The Morgan fingerprint density at radius 2 is 2.11 bits per heavy atom. The minimum absolute atomic E-state index is 0.0325. The maximum Gasteiger partial charge on any atom is 0.258 e. The van der Waals surface area contributed by atoms with Gasteiger partial charge >= 0.3 is 0 Å². The minimum atomic E-state index is -0.0325. The average Bonchev–Trinajstić information content (AvgIpc) is 3.52. The zero-order valence-corrected chi connectivity index (χ0v) is 21.2. The quantitative estimate of drug-likeness (QED) is 0.394. The molecule has 4 rings (SSSR count). The summed E-state index contributed by atoms with van der Waals surface area (Å²) in [5.41, 5.74) is 4.37. The highest BCUT2D eigenvalue weighted by Gasteiger charge is 2.26. The van der Waals surface area contributed by atoms with Crippen LogP contribution in [0, 0.1) is 11.3 Å². The van der Waals surface area contributed by atoms with Gasteiger partial charge in [0.25, 0.3) is 5.89 Å². The predicted octanol–water partition coefficient (Wildman–Crippen LogP) is 5.03. The van der Waals surface area contributed by atoms with E-state index in [-0.39, 0.29) is 24.5 Å². The van der Waals surface area contributed by atoms with Crippen LogP contribution >= 0.6 is 0 Å². The molecule has 0 saturated carbocycles. The molecule has 1 aromatic heterocycles. The van der Waals surface area contributed by atoms with E-state index in [2.05, 4.69) is 27.3 Å². The Labute approximate surface area is 211 Å². The first kappa shape index (κ1) is 25.1. The molecule has 0 bridgehead atoms. The third-order valence-corrected chi connectivity index (χ3v) is 6.32. The molecule has 1 atom stereocenters. The van der Waals surface area contributed by atoms with Crippen molar-refractivity contribution in [2.75, 3.05) is 19.6 Å². The van der Waals surface area contributed by atoms with Crippen LogP contribution in [0.4, 0.5) is 0 Å². The average molecular weight is 486 g/mol. The summed E-state index contributed by atoms with van der Waals surface area (Å²) in [6, 6.07) is 13.5. The number of benzene rings is 2. The Morgan fingerprint density at radius 1 is 1.31 bits per heavy atom. The summed E-state index contributed by atoms with van der Waals surface area (Å²) >= 11 is 0. The lowest BCUT2D eigenvalue weighted by Crippen LogP contribution is -2.32. The standard InChI is InChI=1S/C28H31N5O3/c1-5-33(6-2)26(34)17-30-16-20-10-12-23-22(20)8-7-9-24(23)27-31-28(36-32-27)19-11-13-25(35-18(3)4)21(14-19)15-29/h7-9,11,13-14,16,18,20H,5-6,10,12,17H2,1-4H3. The summed E-state index contributed by atoms with van der Waals surface area (Å²) in [5.74, 6) is 1.59. The number of hydrogen-bond donors (Lipinski definition) is 0. The van der Waals surface area contributed by atoms with E-state index in [0.717, 1.165) is 18.4 Å². The van der Waals surface area contributed by atoms with Crippen LogP contribution in [-0.2, 0) is 11.2 Å². The van der Waals surface area contributed by atoms with E-state index >= 15 is 0 Å². The van der Waals surface area contributed by atoms with Gasteiger partial charge in [0.15, 0.2) is 0 Å². The Morgan fingerprint density at radius 3 is 2.83 bits per heavy atom. The largest absolute Gasteiger partial charge is 0.490 e. The number of amides is 1. The molecule has 0 saturated heterocycles. The van der Waals surface area contributed by atoms with E-state index in [9.17, 15) is 10.1 Å². The number of aliphatic imine (C=N–C) groups is 1. The number of nitriles is 1. The second kappa shape index (κ2) is 11.2. The second-order valence-corrected chi connectivity index (χ2v) is 8.99. The number of fused-ring (bicyclic) bond motifs is 1. The summed E-state index contributed by atoms with van der Waals surface area (Å²) in [7, 11) is 0. The third-order valence-electron chi connectivity index (χ3n) is 6.32. The van der Waals surface area contributed by atoms with Gasteiger partial charge in [0, 0.05) is 36.3 Å². The fourth-order valence-electron chi connectivity index (χ4n) is 4.54. The highest BCUT2D eigenvalue weighted by Crippen LogP contribution is 2.38. The van der Waals surface area contributed by atoms with Crippen molar-refractivity contribution in [1.82, 2.24) is 15.0 Å². The molecule has 1 unspecified atom stereocenters. The van der Waals surface area contributed by atoms with Crippen molar-refractivity contribution in [3.05, 3.63) is 53.1 Å². The minimum Gasteiger partial charge on any atom is -0.490 e. The maximum atomic E-state index is 12.2. The summed E-state index contributed by atoms with van der Waals surface area (Å²) in [6.07, 6.45) is 3.66. The van der Waals surface area contributed by atoms with Crippen molar-refractivity contribution < 1.29 is 14.1 Å². The zero-order chi connectivity index (χ0) is 25.7. The molecule has 8 nitrogen and oxygen atoms in total. The highest BCUT2D eigenvalue weighted by molar-refractivity contribution is 5.81. The highest BCUT2D eigenvalue weighted by atomic mass is 16.5. The number of aromatic nitrogens is 2. The molecule has 1 heterocycles. The van der Waals surface area contributed by atoms with Crippen molar-refractivity contribution >= 4 is 12.1 Å². The van der Waals surface area contributed by atoms with Crippen LogP contribution < -0.4 is 4.74 Å². The first-order chi connectivity index (χ1) is 17.4. The molecule has 8 heteroatoms. The van der Waals surface area contributed by atoms with Gasteiger partial charge in [-0.25, -0.2) is 0 Å². The van der Waals surface area contributed by atoms with E-state index in [1.807, 2.05) is 52.1 Å². The molecule has 2 aromatic carbocycles. The van der Waals surface area contributed by atoms with Crippen LogP contribution in [0.15, 0.2) is 45.9 Å². The number of ether oxygens (including phenoxy) is 1. The summed E-state index contributed by atoms with van der Waals surface area (Å²) in [4.78, 5) is 23.1. The summed E-state index contributed by atoms with van der Waals surface area (Å²) < 4.78 is 11.3. The number of rotatable bonds is 9. The van der Waals surface area contributed by atoms with Crippen molar-refractivity contribution in [3.63, 3.8) is 0 Å². The molecule has 0 radical (unpaired) electrons. The van der Waals surface area contributed by atoms with Crippen molar-refractivity contribution in [3.8, 4) is 34.7 Å². The first-order valence-corrected chi connectivity index (χ1v) is 12.4. The van der Waals surface area contributed by atoms with Crippen LogP contribution in [0.2, 0.25) is 0 Å². The smallest absolute Gasteiger partial charge is 0.258 e. The van der Waals surface area contributed by atoms with Crippen molar-refractivity contribution in [1.29, 1.82) is 5.26 Å². The predicted molar refractivity (Wildman–Crippen MR) is 138 cm³/mol. The lowest BCUT2D eigenvalue weighted by atomic mass is 9.99. The van der Waals surface area contributed by atoms with Gasteiger partial charge < -0.3 is 14.2 Å². The molecule has 186 valence electrons. The maximum absolute atomic E-state index is 12.2. The van der Waals surface area contributed by atoms with Gasteiger partial charge in [-0.3, -0.25) is 9.79 Å². The number of carbonyl (C=O) groups excluding carboxylic acids is 1. The Kier molecular flexibility index (Phi) is 7.79. The van der Waals surface area contributed by atoms with Gasteiger partial charge in [-0.2, -0.15) is 10.2 Å². The zero-order valence-electron chi connectivity index (χ0n) is 21.2. The molecule has 0 fully saturated rings. The van der Waals surface area contributed by atoms with E-state index in [1.54, 1.807) is 17.0 Å². The molecule has 3 aromatic rings. The van der Waals surface area contributed by atoms with Crippen LogP contribution in [-0.4, -0.2) is 52.9 Å². The Hall–Kier alpha value is -3.99. The summed E-state index contributed by atoms with van der Waals surface area (Å²) in [6.45, 7) is 9.35. The number of hydrogen-bond acceptors (Lipinski definition) is 7. The number of nitrogens with zero attached hydrogens (tertiary/aromatic N) is 5. The van der Waals surface area contributed by atoms with Crippen LogP contribution in [0.25, 0.3) is 22.8 Å². The van der Waals surface area contributed by atoms with Gasteiger partial charge in [0.2, 0.25) is 11.7 Å². The van der Waals surface area contributed by atoms with Gasteiger partial charge in [-0.05, 0) is 69.9 Å². The first-order valence-electron chi connectivity index (χ1n) is 12.4. The van der Waals surface area contributed by atoms with Gasteiger partial charge in [-0.15, -0.1) is 0 Å². The molecule has 1 aliphatic carbocycles. The van der Waals surface area contributed by atoms with E-state index in [4.69, 9.17) is 9.26 Å². The van der Waals surface area contributed by atoms with Gasteiger partial charge in [-0.1, -0.05) is 23.4 Å². The molecule has 0 N–H and O–H groups in total. The Balaban J connectivity index is 1.54. The van der Waals surface area contributed by atoms with Crippen LogP contribution in [0.5, 0.6) is 5.75 Å². The topological polar surface area (TPSA) is 105 Å². The molecule has 0 aliphatic heterocycles. The monoisotopic (exact) mass is 485 g/mol. The van der Waals surface area contributed by atoms with E-state index in [1.165, 1.54) is 11.1 Å². The molecule has 36 heavy (non-hydrogen) atoms. The molecule has 1 aliphatic rings. The number of likely N-dealkylation sites (N-methyl/N-ethyl adjacent to an activating group) is 1. The Bertz CT molecular complexity index is 1300. The van der Waals surface area contributed by atoms with Crippen LogP contribution in [0.3, 0.4) is 0 Å². The normalized spacial score (nSPS) is 14.7. The van der Waals surface area contributed by atoms with E-state index < -0.39 is 0 Å². The second-order valence-electron chi connectivity index (χ2n) is 8.99. The number of carbonyl (C=O) groups is 1. The third kappa shape index (κ3) is 5.30.